The van der Waals surface area contributed by atoms with E-state index in [-0.39, 0.29) is 5.75 Å². The Balaban J connectivity index is 1.74. The SMILES string of the molecule is COc1cccc(NC(=O)C(=O)Nc2cc(N3CCCS3(=O)=O)ccc2C)c1. The number of carbonyl (C=O) groups excluding carboxylic acids is 2. The molecule has 1 aliphatic heterocycles. The third-order valence-corrected chi connectivity index (χ3v) is 6.26. The van der Waals surface area contributed by atoms with Gasteiger partial charge in [-0.2, -0.15) is 0 Å². The van der Waals surface area contributed by atoms with Crippen LogP contribution in [0.4, 0.5) is 17.1 Å². The molecular weight excluding hydrogens is 382 g/mol. The van der Waals surface area contributed by atoms with Gasteiger partial charge in [0.25, 0.3) is 0 Å². The number of hydrogen-bond donors (Lipinski definition) is 2. The summed E-state index contributed by atoms with van der Waals surface area (Å²) >= 11 is 0. The topological polar surface area (TPSA) is 105 Å². The molecule has 0 atom stereocenters. The number of sulfonamides is 1. The van der Waals surface area contributed by atoms with Gasteiger partial charge in [0.05, 0.1) is 18.6 Å². The average Bonchev–Trinajstić information content (AvgIpc) is 3.02. The van der Waals surface area contributed by atoms with Gasteiger partial charge in [0, 0.05) is 24.0 Å². The van der Waals surface area contributed by atoms with Crippen LogP contribution in [0, 0.1) is 6.92 Å². The Labute approximate surface area is 163 Å². The van der Waals surface area contributed by atoms with Gasteiger partial charge in [0.1, 0.15) is 5.75 Å². The largest absolute Gasteiger partial charge is 0.497 e. The third kappa shape index (κ3) is 4.25. The van der Waals surface area contributed by atoms with Crippen molar-refractivity contribution in [3.8, 4) is 5.75 Å². The van der Waals surface area contributed by atoms with E-state index in [4.69, 9.17) is 4.74 Å². The van der Waals surface area contributed by atoms with Crippen LogP contribution in [0.15, 0.2) is 42.5 Å². The Kier molecular flexibility index (Phi) is 5.55. The molecule has 28 heavy (non-hydrogen) atoms. The predicted molar refractivity (Wildman–Crippen MR) is 107 cm³/mol. The molecule has 2 aromatic rings. The van der Waals surface area contributed by atoms with E-state index in [0.29, 0.717) is 41.3 Å². The van der Waals surface area contributed by atoms with Gasteiger partial charge in [-0.15, -0.1) is 0 Å². The Bertz CT molecular complexity index is 1020. The monoisotopic (exact) mass is 403 g/mol. The maximum absolute atomic E-state index is 12.3. The molecule has 0 radical (unpaired) electrons. The van der Waals surface area contributed by atoms with Crippen LogP contribution < -0.4 is 19.7 Å². The van der Waals surface area contributed by atoms with Crippen LogP contribution in [-0.2, 0) is 19.6 Å². The zero-order valence-corrected chi connectivity index (χ0v) is 16.4. The summed E-state index contributed by atoms with van der Waals surface area (Å²) in [6, 6.07) is 11.6. The molecule has 2 amide bonds. The number of nitrogens with zero attached hydrogens (tertiary/aromatic N) is 1. The maximum atomic E-state index is 12.3. The lowest BCUT2D eigenvalue weighted by atomic mass is 10.1. The molecule has 2 N–H and O–H groups in total. The first-order chi connectivity index (χ1) is 13.3. The minimum Gasteiger partial charge on any atom is -0.497 e. The molecule has 0 aliphatic carbocycles. The Hall–Kier alpha value is -3.07. The number of nitrogens with one attached hydrogen (secondary N) is 2. The fraction of sp³-hybridized carbons (Fsp3) is 0.263. The van der Waals surface area contributed by atoms with Crippen molar-refractivity contribution in [1.82, 2.24) is 0 Å². The van der Waals surface area contributed by atoms with Crippen molar-refractivity contribution in [3.63, 3.8) is 0 Å². The minimum atomic E-state index is -3.33. The molecule has 1 fully saturated rings. The van der Waals surface area contributed by atoms with E-state index in [0.717, 1.165) is 0 Å². The number of benzene rings is 2. The number of amides is 2. The lowest BCUT2D eigenvalue weighted by molar-refractivity contribution is -0.133. The summed E-state index contributed by atoms with van der Waals surface area (Å²) in [6.07, 6.45) is 0.556. The molecule has 0 spiro atoms. The van der Waals surface area contributed by atoms with Gasteiger partial charge >= 0.3 is 11.8 Å². The molecule has 0 saturated carbocycles. The van der Waals surface area contributed by atoms with E-state index in [9.17, 15) is 18.0 Å². The Morgan fingerprint density at radius 1 is 1.07 bits per heavy atom. The number of ether oxygens (including phenoxy) is 1. The Morgan fingerprint density at radius 3 is 2.50 bits per heavy atom. The van der Waals surface area contributed by atoms with E-state index in [1.807, 2.05) is 0 Å². The van der Waals surface area contributed by atoms with Crippen LogP contribution in [0.5, 0.6) is 5.75 Å². The lowest BCUT2D eigenvalue weighted by Crippen LogP contribution is -2.29. The predicted octanol–water partition coefficient (Wildman–Crippen LogP) is 2.12. The lowest BCUT2D eigenvalue weighted by Gasteiger charge is -2.19. The molecule has 8 nitrogen and oxygen atoms in total. The summed E-state index contributed by atoms with van der Waals surface area (Å²) in [5.41, 5.74) is 1.98. The fourth-order valence-electron chi connectivity index (χ4n) is 2.90. The zero-order valence-electron chi connectivity index (χ0n) is 15.6. The standard InChI is InChI=1S/C19H21N3O5S/c1-13-7-8-15(22-9-4-10-28(22,25)26)12-17(13)21-19(24)18(23)20-14-5-3-6-16(11-14)27-2/h3,5-8,11-12H,4,9-10H2,1-2H3,(H,20,23)(H,21,24). The minimum absolute atomic E-state index is 0.103. The van der Waals surface area contributed by atoms with Gasteiger partial charge in [-0.3, -0.25) is 13.9 Å². The van der Waals surface area contributed by atoms with Crippen molar-refractivity contribution in [1.29, 1.82) is 0 Å². The quantitative estimate of drug-likeness (QED) is 0.761. The van der Waals surface area contributed by atoms with E-state index in [1.54, 1.807) is 49.4 Å². The summed E-state index contributed by atoms with van der Waals surface area (Å²) in [5, 5.41) is 5.05. The van der Waals surface area contributed by atoms with Gasteiger partial charge in [-0.25, -0.2) is 8.42 Å². The highest BCUT2D eigenvalue weighted by Gasteiger charge is 2.29. The van der Waals surface area contributed by atoms with Crippen LogP contribution >= 0.6 is 0 Å². The van der Waals surface area contributed by atoms with Gasteiger partial charge < -0.3 is 15.4 Å². The van der Waals surface area contributed by atoms with E-state index in [1.165, 1.54) is 11.4 Å². The smallest absolute Gasteiger partial charge is 0.314 e. The van der Waals surface area contributed by atoms with Crippen LogP contribution in [0.3, 0.4) is 0 Å². The summed E-state index contributed by atoms with van der Waals surface area (Å²) < 4.78 is 30.6. The van der Waals surface area contributed by atoms with Crippen molar-refractivity contribution in [2.45, 2.75) is 13.3 Å². The number of aryl methyl sites for hydroxylation is 1. The molecule has 2 aromatic carbocycles. The van der Waals surface area contributed by atoms with Crippen LogP contribution in [0.2, 0.25) is 0 Å². The van der Waals surface area contributed by atoms with Gasteiger partial charge in [-0.1, -0.05) is 12.1 Å². The average molecular weight is 403 g/mol. The summed E-state index contributed by atoms with van der Waals surface area (Å²) in [5.74, 6) is -1.04. The van der Waals surface area contributed by atoms with E-state index >= 15 is 0 Å². The summed E-state index contributed by atoms with van der Waals surface area (Å²) in [4.78, 5) is 24.5. The van der Waals surface area contributed by atoms with Gasteiger partial charge in [-0.05, 0) is 43.2 Å². The van der Waals surface area contributed by atoms with Gasteiger partial charge in [0.15, 0.2) is 0 Å². The highest BCUT2D eigenvalue weighted by molar-refractivity contribution is 7.93. The maximum Gasteiger partial charge on any atom is 0.314 e. The molecule has 3 rings (SSSR count). The van der Waals surface area contributed by atoms with Crippen molar-refractivity contribution in [3.05, 3.63) is 48.0 Å². The summed E-state index contributed by atoms with van der Waals surface area (Å²) in [6.45, 7) is 2.16. The van der Waals surface area contributed by atoms with E-state index in [2.05, 4.69) is 10.6 Å². The molecule has 0 unspecified atom stereocenters. The number of hydrogen-bond acceptors (Lipinski definition) is 5. The van der Waals surface area contributed by atoms with Crippen LogP contribution in [0.25, 0.3) is 0 Å². The summed E-state index contributed by atoms with van der Waals surface area (Å²) in [7, 11) is -1.83. The van der Waals surface area contributed by atoms with E-state index < -0.39 is 21.8 Å². The highest BCUT2D eigenvalue weighted by atomic mass is 32.2. The first-order valence-electron chi connectivity index (χ1n) is 8.67. The second kappa shape index (κ2) is 7.89. The first kappa shape index (κ1) is 19.7. The molecule has 0 bridgehead atoms. The molecule has 9 heteroatoms. The Morgan fingerprint density at radius 2 is 1.82 bits per heavy atom. The second-order valence-corrected chi connectivity index (χ2v) is 8.39. The molecule has 1 saturated heterocycles. The van der Waals surface area contributed by atoms with Crippen LogP contribution in [-0.4, -0.2) is 39.6 Å². The normalized spacial score (nSPS) is 15.1. The number of methoxy groups -OCH3 is 1. The second-order valence-electron chi connectivity index (χ2n) is 6.38. The van der Waals surface area contributed by atoms with Crippen LogP contribution in [0.1, 0.15) is 12.0 Å². The molecular formula is C19H21N3O5S. The fourth-order valence-corrected chi connectivity index (χ4v) is 4.45. The van der Waals surface area contributed by atoms with Crippen molar-refractivity contribution >= 4 is 38.9 Å². The highest BCUT2D eigenvalue weighted by Crippen LogP contribution is 2.28. The van der Waals surface area contributed by atoms with Crippen molar-refractivity contribution in [2.75, 3.05) is 34.3 Å². The third-order valence-electron chi connectivity index (χ3n) is 4.39. The zero-order chi connectivity index (χ0) is 20.3. The molecule has 1 aliphatic rings. The number of anilines is 3. The first-order valence-corrected chi connectivity index (χ1v) is 10.3. The molecule has 0 aromatic heterocycles. The number of carbonyl (C=O) groups is 2. The van der Waals surface area contributed by atoms with Crippen molar-refractivity contribution in [2.24, 2.45) is 0 Å². The van der Waals surface area contributed by atoms with Crippen molar-refractivity contribution < 1.29 is 22.7 Å². The number of rotatable bonds is 4. The molecule has 1 heterocycles. The molecule has 148 valence electrons. The van der Waals surface area contributed by atoms with Gasteiger partial charge in [0.2, 0.25) is 10.0 Å².